The minimum absolute atomic E-state index is 0.643. The average molecular weight is 384 g/mol. The van der Waals surface area contributed by atoms with Gasteiger partial charge in [-0.3, -0.25) is 0 Å². The minimum atomic E-state index is 0.643. The topological polar surface area (TPSA) is 43.6 Å². The molecule has 0 aliphatic rings. The molecule has 2 heterocycles. The van der Waals surface area contributed by atoms with Crippen LogP contribution < -0.4 is 0 Å². The van der Waals surface area contributed by atoms with Crippen molar-refractivity contribution in [2.75, 3.05) is 0 Å². The molecule has 0 unspecified atom stereocenters. The van der Waals surface area contributed by atoms with Gasteiger partial charge in [0.15, 0.2) is 5.82 Å². The van der Waals surface area contributed by atoms with Gasteiger partial charge in [0.05, 0.1) is 10.5 Å². The Labute approximate surface area is 139 Å². The van der Waals surface area contributed by atoms with Crippen molar-refractivity contribution in [2.45, 2.75) is 20.4 Å². The Morgan fingerprint density at radius 2 is 2.19 bits per heavy atom. The first-order valence-electron chi connectivity index (χ1n) is 6.39. The van der Waals surface area contributed by atoms with E-state index in [1.165, 1.54) is 11.3 Å². The van der Waals surface area contributed by atoms with Crippen molar-refractivity contribution in [3.8, 4) is 22.9 Å². The lowest BCUT2D eigenvalue weighted by Crippen LogP contribution is -2.00. The van der Waals surface area contributed by atoms with E-state index < -0.39 is 0 Å². The Kier molecular flexibility index (Phi) is 4.10. The van der Waals surface area contributed by atoms with E-state index in [0.29, 0.717) is 10.8 Å². The van der Waals surface area contributed by atoms with Crippen molar-refractivity contribution in [3.63, 3.8) is 0 Å². The second-order valence-corrected chi connectivity index (χ2v) is 6.46. The summed E-state index contributed by atoms with van der Waals surface area (Å²) in [5.41, 5.74) is 4.60. The van der Waals surface area contributed by atoms with E-state index in [-0.39, 0.29) is 0 Å². The van der Waals surface area contributed by atoms with Crippen LogP contribution in [-0.4, -0.2) is 19.7 Å². The molecule has 0 aliphatic heterocycles. The third-order valence-electron chi connectivity index (χ3n) is 3.10. The second-order valence-electron chi connectivity index (χ2n) is 4.54. The molecular formula is C14H12BrClN4S. The van der Waals surface area contributed by atoms with Gasteiger partial charge in [-0.1, -0.05) is 11.6 Å². The van der Waals surface area contributed by atoms with Crippen molar-refractivity contribution in [2.24, 2.45) is 0 Å². The van der Waals surface area contributed by atoms with Crippen LogP contribution in [0.15, 0.2) is 27.5 Å². The largest absolute Gasteiger partial charge is 0.245 e. The quantitative estimate of drug-likeness (QED) is 0.651. The molecule has 0 spiro atoms. The van der Waals surface area contributed by atoms with Crippen LogP contribution in [0, 0.1) is 6.92 Å². The van der Waals surface area contributed by atoms with Gasteiger partial charge in [0, 0.05) is 22.0 Å². The summed E-state index contributed by atoms with van der Waals surface area (Å²) in [6.45, 7) is 4.78. The van der Waals surface area contributed by atoms with Crippen molar-refractivity contribution in [1.82, 2.24) is 19.7 Å². The summed E-state index contributed by atoms with van der Waals surface area (Å²) in [5, 5.41) is 7.14. The van der Waals surface area contributed by atoms with Crippen LogP contribution in [0.1, 0.15) is 12.5 Å². The maximum Gasteiger partial charge on any atom is 0.201 e. The number of rotatable bonds is 3. The van der Waals surface area contributed by atoms with Gasteiger partial charge in [-0.15, -0.1) is 16.4 Å². The normalized spacial score (nSPS) is 11.0. The Morgan fingerprint density at radius 1 is 1.38 bits per heavy atom. The fourth-order valence-corrected chi connectivity index (χ4v) is 3.09. The summed E-state index contributed by atoms with van der Waals surface area (Å²) < 4.78 is 2.78. The molecule has 21 heavy (non-hydrogen) atoms. The van der Waals surface area contributed by atoms with E-state index in [9.17, 15) is 0 Å². The molecule has 0 saturated carbocycles. The Morgan fingerprint density at radius 3 is 2.81 bits per heavy atom. The molecule has 0 aliphatic carbocycles. The van der Waals surface area contributed by atoms with Crippen LogP contribution in [0.2, 0.25) is 5.02 Å². The summed E-state index contributed by atoms with van der Waals surface area (Å²) in [6, 6.07) is 3.95. The Balaban J connectivity index is 2.14. The SMILES string of the molecule is CCn1nc(-c2cscn2)nc1-c1cc(C)c(Br)c(Cl)c1. The number of halogens is 2. The van der Waals surface area contributed by atoms with Gasteiger partial charge in [0.2, 0.25) is 5.82 Å². The van der Waals surface area contributed by atoms with Crippen LogP contribution in [0.5, 0.6) is 0 Å². The first-order valence-corrected chi connectivity index (χ1v) is 8.51. The van der Waals surface area contributed by atoms with Gasteiger partial charge in [-0.2, -0.15) is 0 Å². The first kappa shape index (κ1) is 14.7. The number of hydrogen-bond acceptors (Lipinski definition) is 4. The van der Waals surface area contributed by atoms with Gasteiger partial charge in [-0.25, -0.2) is 14.6 Å². The van der Waals surface area contributed by atoms with E-state index in [1.54, 1.807) is 5.51 Å². The lowest BCUT2D eigenvalue weighted by Gasteiger charge is -2.07. The molecule has 0 radical (unpaired) electrons. The zero-order chi connectivity index (χ0) is 15.0. The number of benzene rings is 1. The molecule has 0 fully saturated rings. The lowest BCUT2D eigenvalue weighted by atomic mass is 10.1. The van der Waals surface area contributed by atoms with Crippen LogP contribution >= 0.6 is 38.9 Å². The van der Waals surface area contributed by atoms with Gasteiger partial charge in [0.1, 0.15) is 5.69 Å². The minimum Gasteiger partial charge on any atom is -0.245 e. The molecule has 0 N–H and O–H groups in total. The van der Waals surface area contributed by atoms with Gasteiger partial charge in [-0.05, 0) is 47.5 Å². The van der Waals surface area contributed by atoms with Crippen molar-refractivity contribution in [1.29, 1.82) is 0 Å². The van der Waals surface area contributed by atoms with E-state index in [2.05, 4.69) is 37.1 Å². The van der Waals surface area contributed by atoms with E-state index in [0.717, 1.165) is 33.7 Å². The molecule has 108 valence electrons. The average Bonchev–Trinajstić information content (AvgIpc) is 3.12. The molecular weight excluding hydrogens is 372 g/mol. The van der Waals surface area contributed by atoms with Crippen molar-refractivity contribution < 1.29 is 0 Å². The van der Waals surface area contributed by atoms with Crippen LogP contribution in [-0.2, 0) is 6.54 Å². The van der Waals surface area contributed by atoms with E-state index >= 15 is 0 Å². The maximum atomic E-state index is 6.26. The lowest BCUT2D eigenvalue weighted by molar-refractivity contribution is 0.667. The molecule has 7 heteroatoms. The summed E-state index contributed by atoms with van der Waals surface area (Å²) in [7, 11) is 0. The standard InChI is InChI=1S/C14H12BrClN4S/c1-3-20-14(9-4-8(2)12(15)10(16)5-9)18-13(19-20)11-6-21-7-17-11/h4-7H,3H2,1-2H3. The smallest absolute Gasteiger partial charge is 0.201 e. The van der Waals surface area contributed by atoms with Gasteiger partial charge < -0.3 is 0 Å². The van der Waals surface area contributed by atoms with Gasteiger partial charge in [0.25, 0.3) is 0 Å². The molecule has 3 rings (SSSR count). The second kappa shape index (κ2) is 5.87. The molecule has 0 atom stereocenters. The van der Waals surface area contributed by atoms with Crippen LogP contribution in [0.25, 0.3) is 22.9 Å². The Bertz CT molecular complexity index is 759. The highest BCUT2D eigenvalue weighted by Crippen LogP contribution is 2.32. The third kappa shape index (κ3) is 2.75. The molecule has 0 amide bonds. The van der Waals surface area contributed by atoms with Crippen LogP contribution in [0.4, 0.5) is 0 Å². The number of thiazole rings is 1. The summed E-state index contributed by atoms with van der Waals surface area (Å²) in [5.74, 6) is 1.45. The monoisotopic (exact) mass is 382 g/mol. The molecule has 0 bridgehead atoms. The molecule has 0 saturated heterocycles. The fourth-order valence-electron chi connectivity index (χ4n) is 2.06. The summed E-state index contributed by atoms with van der Waals surface area (Å²) in [6.07, 6.45) is 0. The Hall–Kier alpha value is -1.24. The van der Waals surface area contributed by atoms with E-state index in [4.69, 9.17) is 11.6 Å². The first-order chi connectivity index (χ1) is 10.1. The summed E-state index contributed by atoms with van der Waals surface area (Å²) in [4.78, 5) is 8.89. The number of nitrogens with zero attached hydrogens (tertiary/aromatic N) is 4. The molecule has 1 aromatic carbocycles. The zero-order valence-electron chi connectivity index (χ0n) is 11.5. The molecule has 2 aromatic heterocycles. The zero-order valence-corrected chi connectivity index (χ0v) is 14.6. The number of aryl methyl sites for hydroxylation is 2. The highest BCUT2D eigenvalue weighted by atomic mass is 79.9. The van der Waals surface area contributed by atoms with Crippen molar-refractivity contribution >= 4 is 38.9 Å². The predicted octanol–water partition coefficient (Wildman–Crippen LogP) is 4.81. The summed E-state index contributed by atoms with van der Waals surface area (Å²) >= 11 is 11.3. The molecule has 4 nitrogen and oxygen atoms in total. The number of aromatic nitrogens is 4. The maximum absolute atomic E-state index is 6.26. The van der Waals surface area contributed by atoms with Gasteiger partial charge >= 0.3 is 0 Å². The third-order valence-corrected chi connectivity index (χ3v) is 5.27. The highest BCUT2D eigenvalue weighted by Gasteiger charge is 2.15. The van der Waals surface area contributed by atoms with Crippen LogP contribution in [0.3, 0.4) is 0 Å². The highest BCUT2D eigenvalue weighted by molar-refractivity contribution is 9.10. The van der Waals surface area contributed by atoms with E-state index in [1.807, 2.05) is 30.0 Å². The number of hydrogen-bond donors (Lipinski definition) is 0. The molecule has 3 aromatic rings. The fraction of sp³-hybridized carbons (Fsp3) is 0.214. The predicted molar refractivity (Wildman–Crippen MR) is 89.7 cm³/mol. The van der Waals surface area contributed by atoms with Crippen molar-refractivity contribution in [3.05, 3.63) is 38.1 Å².